The fraction of sp³-hybridized carbons (Fsp3) is 0.462. The molecule has 0 fully saturated rings. The largest absolute Gasteiger partial charge is 0.495 e. The van der Waals surface area contributed by atoms with Crippen molar-refractivity contribution in [2.24, 2.45) is 5.92 Å². The minimum Gasteiger partial charge on any atom is -0.495 e. The van der Waals surface area contributed by atoms with Crippen LogP contribution in [0.3, 0.4) is 0 Å². The van der Waals surface area contributed by atoms with Gasteiger partial charge in [0.2, 0.25) is 0 Å². The molecule has 0 heterocycles. The Hall–Kier alpha value is -1.42. The topological polar surface area (TPSA) is 47.6 Å². The van der Waals surface area contributed by atoms with Crippen molar-refractivity contribution in [3.8, 4) is 5.75 Å². The van der Waals surface area contributed by atoms with E-state index >= 15 is 0 Å². The zero-order valence-electron chi connectivity index (χ0n) is 10.8. The van der Waals surface area contributed by atoms with Crippen LogP contribution in [0.2, 0.25) is 5.02 Å². The van der Waals surface area contributed by atoms with Gasteiger partial charge in [-0.25, -0.2) is 0 Å². The molecule has 0 saturated heterocycles. The van der Waals surface area contributed by atoms with Crippen molar-refractivity contribution < 1.29 is 14.3 Å². The molecule has 1 aromatic rings. The Morgan fingerprint density at radius 3 is 2.83 bits per heavy atom. The number of nitrogens with one attached hydrogen (secondary N) is 1. The standard InChI is InChI=1S/C13H18ClNO3/c1-4-18-13(16)9(2)8-15-10-5-6-11(14)12(7-10)17-3/h5-7,9,15H,4,8H2,1-3H3. The smallest absolute Gasteiger partial charge is 0.310 e. The number of carbonyl (C=O) groups is 1. The molecule has 5 heteroatoms. The third kappa shape index (κ3) is 4.11. The molecule has 0 aliphatic rings. The fourth-order valence-corrected chi connectivity index (χ4v) is 1.60. The molecule has 0 radical (unpaired) electrons. The quantitative estimate of drug-likeness (QED) is 0.808. The lowest BCUT2D eigenvalue weighted by molar-refractivity contribution is -0.146. The van der Waals surface area contributed by atoms with Crippen LogP contribution in [-0.2, 0) is 9.53 Å². The second kappa shape index (κ2) is 7.11. The van der Waals surface area contributed by atoms with Crippen LogP contribution < -0.4 is 10.1 Å². The Labute approximate surface area is 112 Å². The Morgan fingerprint density at radius 1 is 1.50 bits per heavy atom. The van der Waals surface area contributed by atoms with Crippen LogP contribution in [0.4, 0.5) is 5.69 Å². The average Bonchev–Trinajstić information content (AvgIpc) is 2.37. The first-order chi connectivity index (χ1) is 8.58. The van der Waals surface area contributed by atoms with E-state index in [1.165, 1.54) is 0 Å². The van der Waals surface area contributed by atoms with Crippen molar-refractivity contribution in [2.45, 2.75) is 13.8 Å². The van der Waals surface area contributed by atoms with Gasteiger partial charge in [-0.1, -0.05) is 18.5 Å². The van der Waals surface area contributed by atoms with Crippen molar-refractivity contribution in [3.63, 3.8) is 0 Å². The monoisotopic (exact) mass is 271 g/mol. The molecule has 1 rings (SSSR count). The van der Waals surface area contributed by atoms with E-state index in [-0.39, 0.29) is 11.9 Å². The lowest BCUT2D eigenvalue weighted by Crippen LogP contribution is -2.22. The van der Waals surface area contributed by atoms with Crippen LogP contribution in [0, 0.1) is 5.92 Å². The SMILES string of the molecule is CCOC(=O)C(C)CNc1ccc(Cl)c(OC)c1. The molecular formula is C13H18ClNO3. The first-order valence-corrected chi connectivity index (χ1v) is 6.20. The third-order valence-electron chi connectivity index (χ3n) is 2.45. The van der Waals surface area contributed by atoms with Gasteiger partial charge >= 0.3 is 5.97 Å². The molecule has 0 saturated carbocycles. The zero-order chi connectivity index (χ0) is 13.5. The minimum absolute atomic E-state index is 0.202. The van der Waals surface area contributed by atoms with Gasteiger partial charge in [0.15, 0.2) is 0 Å². The summed E-state index contributed by atoms with van der Waals surface area (Å²) in [6, 6.07) is 5.38. The summed E-state index contributed by atoms with van der Waals surface area (Å²) in [5, 5.41) is 3.70. The second-order valence-corrected chi connectivity index (χ2v) is 4.29. The van der Waals surface area contributed by atoms with Crippen LogP contribution in [0.25, 0.3) is 0 Å². The zero-order valence-corrected chi connectivity index (χ0v) is 11.6. The molecule has 0 aliphatic heterocycles. The summed E-state index contributed by atoms with van der Waals surface area (Å²) < 4.78 is 10.0. The van der Waals surface area contributed by atoms with Gasteiger partial charge in [0, 0.05) is 18.3 Å². The maximum Gasteiger partial charge on any atom is 0.310 e. The van der Waals surface area contributed by atoms with Crippen LogP contribution in [0.15, 0.2) is 18.2 Å². The highest BCUT2D eigenvalue weighted by molar-refractivity contribution is 6.32. The highest BCUT2D eigenvalue weighted by Gasteiger charge is 2.13. The molecule has 1 unspecified atom stereocenters. The summed E-state index contributed by atoms with van der Waals surface area (Å²) >= 11 is 5.92. The van der Waals surface area contributed by atoms with E-state index < -0.39 is 0 Å². The Balaban J connectivity index is 2.55. The molecule has 100 valence electrons. The van der Waals surface area contributed by atoms with Crippen LogP contribution in [0.5, 0.6) is 5.75 Å². The van der Waals surface area contributed by atoms with E-state index in [2.05, 4.69) is 5.32 Å². The molecule has 0 amide bonds. The summed E-state index contributed by atoms with van der Waals surface area (Å²) in [6.45, 7) is 4.52. The van der Waals surface area contributed by atoms with Gasteiger partial charge < -0.3 is 14.8 Å². The number of anilines is 1. The molecule has 0 aromatic heterocycles. The first-order valence-electron chi connectivity index (χ1n) is 5.82. The van der Waals surface area contributed by atoms with Gasteiger partial charge in [0.25, 0.3) is 0 Å². The van der Waals surface area contributed by atoms with E-state index in [0.29, 0.717) is 23.9 Å². The molecule has 0 bridgehead atoms. The lowest BCUT2D eigenvalue weighted by atomic mass is 10.2. The van der Waals surface area contributed by atoms with E-state index in [1.807, 2.05) is 13.0 Å². The van der Waals surface area contributed by atoms with Crippen molar-refractivity contribution in [2.75, 3.05) is 25.6 Å². The number of esters is 1. The molecule has 18 heavy (non-hydrogen) atoms. The predicted octanol–water partition coefficient (Wildman–Crippen LogP) is 2.96. The number of ether oxygens (including phenoxy) is 2. The van der Waals surface area contributed by atoms with Crippen LogP contribution >= 0.6 is 11.6 Å². The van der Waals surface area contributed by atoms with Gasteiger partial charge in [-0.3, -0.25) is 4.79 Å². The number of hydrogen-bond acceptors (Lipinski definition) is 4. The highest BCUT2D eigenvalue weighted by Crippen LogP contribution is 2.27. The molecule has 4 nitrogen and oxygen atoms in total. The summed E-state index contributed by atoms with van der Waals surface area (Å²) in [4.78, 5) is 11.4. The first kappa shape index (κ1) is 14.6. The lowest BCUT2D eigenvalue weighted by Gasteiger charge is -2.13. The number of carbonyl (C=O) groups excluding carboxylic acids is 1. The van der Waals surface area contributed by atoms with E-state index in [0.717, 1.165) is 5.69 Å². The maximum absolute atomic E-state index is 11.4. The molecule has 1 N–H and O–H groups in total. The van der Waals surface area contributed by atoms with Gasteiger partial charge in [-0.15, -0.1) is 0 Å². The Morgan fingerprint density at radius 2 is 2.22 bits per heavy atom. The molecule has 0 aliphatic carbocycles. The molecular weight excluding hydrogens is 254 g/mol. The van der Waals surface area contributed by atoms with Crippen molar-refractivity contribution in [1.82, 2.24) is 0 Å². The number of hydrogen-bond donors (Lipinski definition) is 1. The van der Waals surface area contributed by atoms with Crippen LogP contribution in [0.1, 0.15) is 13.8 Å². The van der Waals surface area contributed by atoms with E-state index in [9.17, 15) is 4.79 Å². The fourth-order valence-electron chi connectivity index (χ4n) is 1.41. The maximum atomic E-state index is 11.4. The predicted molar refractivity (Wildman–Crippen MR) is 72.3 cm³/mol. The molecule has 0 spiro atoms. The molecule has 1 aromatic carbocycles. The normalized spacial score (nSPS) is 11.8. The van der Waals surface area contributed by atoms with E-state index in [4.69, 9.17) is 21.1 Å². The van der Waals surface area contributed by atoms with Gasteiger partial charge in [0.05, 0.1) is 24.7 Å². The average molecular weight is 272 g/mol. The summed E-state index contributed by atoms with van der Waals surface area (Å²) in [7, 11) is 1.56. The Kier molecular flexibility index (Phi) is 5.78. The van der Waals surface area contributed by atoms with Crippen molar-refractivity contribution in [3.05, 3.63) is 23.2 Å². The van der Waals surface area contributed by atoms with Gasteiger partial charge in [0.1, 0.15) is 5.75 Å². The van der Waals surface area contributed by atoms with Gasteiger partial charge in [-0.05, 0) is 19.1 Å². The summed E-state index contributed by atoms with van der Waals surface area (Å²) in [6.07, 6.45) is 0. The number of methoxy groups -OCH3 is 1. The third-order valence-corrected chi connectivity index (χ3v) is 2.76. The minimum atomic E-state index is -0.203. The van der Waals surface area contributed by atoms with Crippen LogP contribution in [-0.4, -0.2) is 26.2 Å². The highest BCUT2D eigenvalue weighted by atomic mass is 35.5. The van der Waals surface area contributed by atoms with E-state index in [1.54, 1.807) is 26.2 Å². The van der Waals surface area contributed by atoms with Crippen molar-refractivity contribution >= 4 is 23.3 Å². The van der Waals surface area contributed by atoms with Crippen molar-refractivity contribution in [1.29, 1.82) is 0 Å². The molecule has 1 atom stereocenters. The summed E-state index contributed by atoms with van der Waals surface area (Å²) in [5.41, 5.74) is 0.854. The van der Waals surface area contributed by atoms with Gasteiger partial charge in [-0.2, -0.15) is 0 Å². The number of benzene rings is 1. The number of rotatable bonds is 6. The summed E-state index contributed by atoms with van der Waals surface area (Å²) in [5.74, 6) is 0.197. The second-order valence-electron chi connectivity index (χ2n) is 3.88. The number of halogens is 1. The Bertz CT molecular complexity index is 409.